The molecule has 1 aromatic carbocycles. The SMILES string of the molecule is COc1cccc(-c2noc(CCNC(=O)O)n2)c1. The van der Waals surface area contributed by atoms with Crippen LogP contribution in [0.15, 0.2) is 28.8 Å². The molecule has 19 heavy (non-hydrogen) atoms. The summed E-state index contributed by atoms with van der Waals surface area (Å²) in [4.78, 5) is 14.5. The lowest BCUT2D eigenvalue weighted by Crippen LogP contribution is -2.23. The molecule has 1 amide bonds. The minimum atomic E-state index is -1.08. The van der Waals surface area contributed by atoms with Gasteiger partial charge < -0.3 is 19.7 Å². The average molecular weight is 263 g/mol. The van der Waals surface area contributed by atoms with Crippen LogP contribution in [0, 0.1) is 0 Å². The van der Waals surface area contributed by atoms with Crippen LogP contribution in [-0.4, -0.2) is 35.0 Å². The van der Waals surface area contributed by atoms with Gasteiger partial charge in [0.05, 0.1) is 7.11 Å². The third-order valence-corrected chi connectivity index (χ3v) is 2.41. The van der Waals surface area contributed by atoms with Crippen molar-refractivity contribution in [2.24, 2.45) is 0 Å². The molecule has 0 bridgehead atoms. The Morgan fingerprint density at radius 1 is 1.53 bits per heavy atom. The summed E-state index contributed by atoms with van der Waals surface area (Å²) < 4.78 is 10.2. The lowest BCUT2D eigenvalue weighted by molar-refractivity contribution is 0.194. The molecular weight excluding hydrogens is 250 g/mol. The van der Waals surface area contributed by atoms with Crippen molar-refractivity contribution in [2.45, 2.75) is 6.42 Å². The zero-order valence-electron chi connectivity index (χ0n) is 10.3. The van der Waals surface area contributed by atoms with Crippen LogP contribution in [0.4, 0.5) is 4.79 Å². The molecule has 0 saturated carbocycles. The second-order valence-corrected chi connectivity index (χ2v) is 3.73. The molecular formula is C12H13N3O4. The summed E-state index contributed by atoms with van der Waals surface area (Å²) in [6.45, 7) is 0.231. The first-order valence-corrected chi connectivity index (χ1v) is 5.63. The molecule has 0 aliphatic heterocycles. The van der Waals surface area contributed by atoms with Gasteiger partial charge >= 0.3 is 6.09 Å². The number of methoxy groups -OCH3 is 1. The van der Waals surface area contributed by atoms with E-state index in [9.17, 15) is 4.79 Å². The van der Waals surface area contributed by atoms with Gasteiger partial charge in [0.1, 0.15) is 5.75 Å². The van der Waals surface area contributed by atoms with Gasteiger partial charge in [-0.05, 0) is 12.1 Å². The molecule has 7 nitrogen and oxygen atoms in total. The number of benzene rings is 1. The van der Waals surface area contributed by atoms with Crippen molar-refractivity contribution in [3.05, 3.63) is 30.2 Å². The molecule has 0 fully saturated rings. The molecule has 2 aromatic rings. The van der Waals surface area contributed by atoms with E-state index in [-0.39, 0.29) is 6.54 Å². The highest BCUT2D eigenvalue weighted by molar-refractivity contribution is 5.64. The minimum Gasteiger partial charge on any atom is -0.497 e. The van der Waals surface area contributed by atoms with Crippen LogP contribution in [0.2, 0.25) is 0 Å². The first-order chi connectivity index (χ1) is 9.19. The minimum absolute atomic E-state index is 0.231. The van der Waals surface area contributed by atoms with Crippen LogP contribution in [0.25, 0.3) is 11.4 Å². The molecule has 0 atom stereocenters. The van der Waals surface area contributed by atoms with Gasteiger partial charge in [-0.1, -0.05) is 17.3 Å². The number of carboxylic acid groups (broad SMARTS) is 1. The van der Waals surface area contributed by atoms with Gasteiger partial charge in [-0.15, -0.1) is 0 Å². The maximum absolute atomic E-state index is 10.3. The maximum Gasteiger partial charge on any atom is 0.404 e. The number of hydrogen-bond donors (Lipinski definition) is 2. The fraction of sp³-hybridized carbons (Fsp3) is 0.250. The smallest absolute Gasteiger partial charge is 0.404 e. The molecule has 0 unspecified atom stereocenters. The summed E-state index contributed by atoms with van der Waals surface area (Å²) in [6, 6.07) is 7.29. The van der Waals surface area contributed by atoms with E-state index in [2.05, 4.69) is 15.5 Å². The van der Waals surface area contributed by atoms with Crippen LogP contribution in [0.5, 0.6) is 5.75 Å². The Morgan fingerprint density at radius 2 is 2.37 bits per heavy atom. The number of nitrogens with zero attached hydrogens (tertiary/aromatic N) is 2. The van der Waals surface area contributed by atoms with Crippen molar-refractivity contribution in [2.75, 3.05) is 13.7 Å². The van der Waals surface area contributed by atoms with Crippen molar-refractivity contribution >= 4 is 6.09 Å². The Bertz CT molecular complexity index is 568. The van der Waals surface area contributed by atoms with Gasteiger partial charge in [0.25, 0.3) is 0 Å². The monoisotopic (exact) mass is 263 g/mol. The average Bonchev–Trinajstić information content (AvgIpc) is 2.87. The molecule has 100 valence electrons. The van der Waals surface area contributed by atoms with Crippen molar-refractivity contribution in [1.82, 2.24) is 15.5 Å². The Kier molecular flexibility index (Phi) is 3.97. The van der Waals surface area contributed by atoms with Crippen LogP contribution >= 0.6 is 0 Å². The van der Waals surface area contributed by atoms with Gasteiger partial charge in [-0.25, -0.2) is 4.79 Å². The number of amides is 1. The van der Waals surface area contributed by atoms with E-state index in [0.29, 0.717) is 23.9 Å². The Hall–Kier alpha value is -2.57. The third-order valence-electron chi connectivity index (χ3n) is 2.41. The molecule has 0 aliphatic rings. The summed E-state index contributed by atoms with van der Waals surface area (Å²) in [5, 5.41) is 14.5. The second kappa shape index (κ2) is 5.85. The molecule has 7 heteroatoms. The van der Waals surface area contributed by atoms with Gasteiger partial charge in [0.2, 0.25) is 11.7 Å². The fourth-order valence-corrected chi connectivity index (χ4v) is 1.51. The van der Waals surface area contributed by atoms with E-state index in [1.54, 1.807) is 13.2 Å². The zero-order valence-corrected chi connectivity index (χ0v) is 10.3. The normalized spacial score (nSPS) is 10.2. The van der Waals surface area contributed by atoms with Crippen molar-refractivity contribution in [3.63, 3.8) is 0 Å². The standard InChI is InChI=1S/C12H13N3O4/c1-18-9-4-2-3-8(7-9)11-14-10(19-15-11)5-6-13-12(16)17/h2-4,7,13H,5-6H2,1H3,(H,16,17). The molecule has 1 aromatic heterocycles. The summed E-state index contributed by atoms with van der Waals surface area (Å²) in [6.07, 6.45) is -0.726. The summed E-state index contributed by atoms with van der Waals surface area (Å²) >= 11 is 0. The van der Waals surface area contributed by atoms with Crippen LogP contribution in [0.1, 0.15) is 5.89 Å². The number of aromatic nitrogens is 2. The Labute approximate surface area is 109 Å². The molecule has 1 heterocycles. The van der Waals surface area contributed by atoms with Gasteiger partial charge in [-0.3, -0.25) is 0 Å². The summed E-state index contributed by atoms with van der Waals surface area (Å²) in [5.41, 5.74) is 0.778. The van der Waals surface area contributed by atoms with E-state index in [4.69, 9.17) is 14.4 Å². The number of carbonyl (C=O) groups is 1. The molecule has 0 spiro atoms. The van der Waals surface area contributed by atoms with Crippen LogP contribution in [-0.2, 0) is 6.42 Å². The highest BCUT2D eigenvalue weighted by Gasteiger charge is 2.09. The zero-order chi connectivity index (χ0) is 13.7. The molecule has 0 saturated heterocycles. The predicted molar refractivity (Wildman–Crippen MR) is 66.0 cm³/mol. The largest absolute Gasteiger partial charge is 0.497 e. The number of ether oxygens (including phenoxy) is 1. The third kappa shape index (κ3) is 3.44. The van der Waals surface area contributed by atoms with E-state index in [1.165, 1.54) is 0 Å². The van der Waals surface area contributed by atoms with Crippen LogP contribution in [0.3, 0.4) is 0 Å². The van der Waals surface area contributed by atoms with E-state index in [1.807, 2.05) is 18.2 Å². The summed E-state index contributed by atoms with van der Waals surface area (Å²) in [5.74, 6) is 1.53. The van der Waals surface area contributed by atoms with Crippen LogP contribution < -0.4 is 10.1 Å². The molecule has 0 radical (unpaired) electrons. The van der Waals surface area contributed by atoms with Crippen molar-refractivity contribution < 1.29 is 19.2 Å². The molecule has 2 rings (SSSR count). The molecule has 2 N–H and O–H groups in total. The Balaban J connectivity index is 2.05. The van der Waals surface area contributed by atoms with E-state index in [0.717, 1.165) is 5.56 Å². The van der Waals surface area contributed by atoms with Gasteiger partial charge in [-0.2, -0.15) is 4.98 Å². The lowest BCUT2D eigenvalue weighted by atomic mass is 10.2. The van der Waals surface area contributed by atoms with Crippen molar-refractivity contribution in [3.8, 4) is 17.1 Å². The maximum atomic E-state index is 10.3. The predicted octanol–water partition coefficient (Wildman–Crippen LogP) is 1.56. The highest BCUT2D eigenvalue weighted by Crippen LogP contribution is 2.21. The first kappa shape index (κ1) is 12.9. The highest BCUT2D eigenvalue weighted by atomic mass is 16.5. The lowest BCUT2D eigenvalue weighted by Gasteiger charge is -1.99. The van der Waals surface area contributed by atoms with Gasteiger partial charge in [0, 0.05) is 18.5 Å². The van der Waals surface area contributed by atoms with Crippen molar-refractivity contribution in [1.29, 1.82) is 0 Å². The fourth-order valence-electron chi connectivity index (χ4n) is 1.51. The first-order valence-electron chi connectivity index (χ1n) is 5.63. The number of hydrogen-bond acceptors (Lipinski definition) is 5. The quantitative estimate of drug-likeness (QED) is 0.849. The van der Waals surface area contributed by atoms with E-state index < -0.39 is 6.09 Å². The number of nitrogens with one attached hydrogen (secondary N) is 1. The Morgan fingerprint density at radius 3 is 3.11 bits per heavy atom. The van der Waals surface area contributed by atoms with Gasteiger partial charge in [0.15, 0.2) is 0 Å². The van der Waals surface area contributed by atoms with E-state index >= 15 is 0 Å². The second-order valence-electron chi connectivity index (χ2n) is 3.73. The summed E-state index contributed by atoms with van der Waals surface area (Å²) in [7, 11) is 1.58. The molecule has 0 aliphatic carbocycles. The topological polar surface area (TPSA) is 97.5 Å². The number of rotatable bonds is 5.